The lowest BCUT2D eigenvalue weighted by atomic mass is 9.91. The van der Waals surface area contributed by atoms with E-state index in [1.807, 2.05) is 0 Å². The Kier molecular flexibility index (Phi) is 6.74. The topological polar surface area (TPSA) is 50.2 Å². The molecule has 1 aromatic heterocycles. The van der Waals surface area contributed by atoms with Crippen molar-refractivity contribution in [2.75, 3.05) is 0 Å². The summed E-state index contributed by atoms with van der Waals surface area (Å²) in [6.07, 6.45) is -6.91. The molecule has 2 aromatic carbocycles. The molecule has 32 heavy (non-hydrogen) atoms. The van der Waals surface area contributed by atoms with Crippen molar-refractivity contribution in [2.24, 2.45) is 0 Å². The van der Waals surface area contributed by atoms with Crippen molar-refractivity contribution in [3.05, 3.63) is 88.7 Å². The van der Waals surface area contributed by atoms with Crippen molar-refractivity contribution in [3.63, 3.8) is 0 Å². The predicted octanol–water partition coefficient (Wildman–Crippen LogP) is 6.31. The Morgan fingerprint density at radius 1 is 1.06 bits per heavy atom. The highest BCUT2D eigenvalue weighted by molar-refractivity contribution is 5.98. The van der Waals surface area contributed by atoms with E-state index in [0.29, 0.717) is 11.3 Å². The van der Waals surface area contributed by atoms with Crippen molar-refractivity contribution in [2.45, 2.75) is 38.5 Å². The van der Waals surface area contributed by atoms with Crippen LogP contribution < -0.4 is 0 Å². The first-order valence-electron chi connectivity index (χ1n) is 9.76. The van der Waals surface area contributed by atoms with E-state index < -0.39 is 41.2 Å². The van der Waals surface area contributed by atoms with Gasteiger partial charge in [-0.1, -0.05) is 19.1 Å². The second-order valence-electron chi connectivity index (χ2n) is 7.70. The highest BCUT2D eigenvalue weighted by Crippen LogP contribution is 2.36. The van der Waals surface area contributed by atoms with Crippen molar-refractivity contribution in [1.29, 1.82) is 0 Å². The molecule has 0 aliphatic rings. The molecule has 1 N–H and O–H groups in total. The minimum Gasteiger partial charge on any atom is -0.379 e. The summed E-state index contributed by atoms with van der Waals surface area (Å²) in [7, 11) is 0. The fraction of sp³-hybridized carbons (Fsp3) is 0.250. The van der Waals surface area contributed by atoms with Crippen LogP contribution in [0.4, 0.5) is 22.0 Å². The number of aliphatic hydroxyl groups is 1. The Bertz CT molecular complexity index is 1130. The highest BCUT2D eigenvalue weighted by atomic mass is 19.4. The average Bonchev–Trinajstić information content (AvgIpc) is 2.72. The summed E-state index contributed by atoms with van der Waals surface area (Å²) in [6.45, 7) is 3.34. The largest absolute Gasteiger partial charge is 0.418 e. The Morgan fingerprint density at radius 3 is 2.38 bits per heavy atom. The minimum atomic E-state index is -4.96. The number of Topliss-reactive ketones (excluding diaryl/α,β-unsaturated/α-hetero) is 1. The molecule has 0 aliphatic carbocycles. The third-order valence-corrected chi connectivity index (χ3v) is 5.09. The minimum absolute atomic E-state index is 0.00845. The second-order valence-corrected chi connectivity index (χ2v) is 7.70. The number of benzene rings is 2. The second kappa shape index (κ2) is 9.16. The van der Waals surface area contributed by atoms with E-state index in [1.54, 1.807) is 19.9 Å². The van der Waals surface area contributed by atoms with Crippen LogP contribution in [0.2, 0.25) is 0 Å². The highest BCUT2D eigenvalue weighted by Gasteiger charge is 2.40. The Labute approximate surface area is 181 Å². The molecule has 2 atom stereocenters. The lowest BCUT2D eigenvalue weighted by Gasteiger charge is -2.18. The van der Waals surface area contributed by atoms with Crippen LogP contribution in [-0.2, 0) is 0 Å². The van der Waals surface area contributed by atoms with Gasteiger partial charge in [-0.3, -0.25) is 9.78 Å². The third-order valence-electron chi connectivity index (χ3n) is 5.09. The summed E-state index contributed by atoms with van der Waals surface area (Å²) in [5, 5.41) is 9.76. The lowest BCUT2D eigenvalue weighted by Crippen LogP contribution is -2.20. The number of aliphatic hydroxyl groups excluding tert-OH is 1. The molecule has 3 rings (SSSR count). The number of nitrogens with zero attached hydrogens (tertiary/aromatic N) is 1. The quantitative estimate of drug-likeness (QED) is 0.355. The number of aromatic nitrogens is 1. The van der Waals surface area contributed by atoms with E-state index >= 15 is 0 Å². The van der Waals surface area contributed by atoms with E-state index in [1.165, 1.54) is 30.3 Å². The molecule has 0 saturated heterocycles. The SMILES string of the molecule is Cc1ccc(-c2cc(C(=O)C[C@H](C)c3ccc(F)cn3)cc(C(O)C(F)(F)F)c2)c(F)c1. The molecule has 8 heteroatoms. The molecule has 3 nitrogen and oxygen atoms in total. The average molecular weight is 449 g/mol. The van der Waals surface area contributed by atoms with Crippen molar-refractivity contribution in [1.82, 2.24) is 4.98 Å². The van der Waals surface area contributed by atoms with Gasteiger partial charge in [-0.05, 0) is 60.0 Å². The monoisotopic (exact) mass is 449 g/mol. The summed E-state index contributed by atoms with van der Waals surface area (Å²) in [6, 6.07) is 10.1. The number of aryl methyl sites for hydroxylation is 1. The van der Waals surface area contributed by atoms with Crippen LogP contribution in [0.3, 0.4) is 0 Å². The van der Waals surface area contributed by atoms with E-state index in [2.05, 4.69) is 4.98 Å². The molecule has 168 valence electrons. The number of hydrogen-bond acceptors (Lipinski definition) is 3. The smallest absolute Gasteiger partial charge is 0.379 e. The van der Waals surface area contributed by atoms with Crippen LogP contribution >= 0.6 is 0 Å². The van der Waals surface area contributed by atoms with Gasteiger partial charge in [0.15, 0.2) is 11.9 Å². The van der Waals surface area contributed by atoms with Gasteiger partial charge in [0.05, 0.1) is 6.20 Å². The molecular weight excluding hydrogens is 429 g/mol. The van der Waals surface area contributed by atoms with Gasteiger partial charge in [0.2, 0.25) is 0 Å². The van der Waals surface area contributed by atoms with Crippen LogP contribution in [0, 0.1) is 18.6 Å². The van der Waals surface area contributed by atoms with Crippen LogP contribution in [0.15, 0.2) is 54.7 Å². The molecule has 0 fully saturated rings. The Balaban J connectivity index is 2.01. The maximum Gasteiger partial charge on any atom is 0.418 e. The van der Waals surface area contributed by atoms with Crippen LogP contribution in [-0.4, -0.2) is 22.1 Å². The van der Waals surface area contributed by atoms with Gasteiger partial charge in [0, 0.05) is 29.2 Å². The molecular formula is C24H20F5NO2. The molecule has 0 amide bonds. The zero-order valence-electron chi connectivity index (χ0n) is 17.3. The van der Waals surface area contributed by atoms with Gasteiger partial charge in [-0.2, -0.15) is 13.2 Å². The van der Waals surface area contributed by atoms with E-state index in [9.17, 15) is 31.9 Å². The molecule has 1 unspecified atom stereocenters. The first kappa shape index (κ1) is 23.5. The number of halogens is 5. The summed E-state index contributed by atoms with van der Waals surface area (Å²) in [5.41, 5.74) is 0.444. The molecule has 1 heterocycles. The predicted molar refractivity (Wildman–Crippen MR) is 109 cm³/mol. The maximum absolute atomic E-state index is 14.5. The van der Waals surface area contributed by atoms with Crippen LogP contribution in [0.5, 0.6) is 0 Å². The zero-order valence-corrected chi connectivity index (χ0v) is 17.3. The number of hydrogen-bond donors (Lipinski definition) is 1. The number of pyridine rings is 1. The number of ketones is 1. The standard InChI is InChI=1S/C24H20F5NO2/c1-13-3-5-19(20(26)7-13)15-9-16(11-17(10-15)23(32)24(27,28)29)22(31)8-14(2)21-6-4-18(25)12-30-21/h3-7,9-12,14,23,32H,8H2,1-2H3/t14-,23?/m0/s1. The Hall–Kier alpha value is -3.13. The summed E-state index contributed by atoms with van der Waals surface area (Å²) < 4.78 is 67.0. The molecule has 0 spiro atoms. The fourth-order valence-electron chi connectivity index (χ4n) is 3.35. The third kappa shape index (κ3) is 5.37. The van der Waals surface area contributed by atoms with Gasteiger partial charge in [0.25, 0.3) is 0 Å². The molecule has 0 saturated carbocycles. The van der Waals surface area contributed by atoms with Gasteiger partial charge in [-0.15, -0.1) is 0 Å². The van der Waals surface area contributed by atoms with E-state index in [4.69, 9.17) is 0 Å². The summed E-state index contributed by atoms with van der Waals surface area (Å²) in [4.78, 5) is 16.8. The molecule has 3 aromatic rings. The van der Waals surface area contributed by atoms with Crippen LogP contribution in [0.25, 0.3) is 11.1 Å². The first-order chi connectivity index (χ1) is 15.0. The maximum atomic E-state index is 14.5. The molecule has 0 aliphatic heterocycles. The first-order valence-corrected chi connectivity index (χ1v) is 9.76. The number of rotatable bonds is 6. The van der Waals surface area contributed by atoms with E-state index in [-0.39, 0.29) is 23.1 Å². The normalized spacial score (nSPS) is 13.6. The molecule has 0 radical (unpaired) electrons. The Morgan fingerprint density at radius 2 is 1.78 bits per heavy atom. The number of alkyl halides is 3. The van der Waals surface area contributed by atoms with Gasteiger partial charge in [-0.25, -0.2) is 8.78 Å². The van der Waals surface area contributed by atoms with Crippen molar-refractivity contribution >= 4 is 5.78 Å². The zero-order chi connectivity index (χ0) is 23.6. The van der Waals surface area contributed by atoms with Crippen LogP contribution in [0.1, 0.15) is 52.5 Å². The van der Waals surface area contributed by atoms with Gasteiger partial charge in [0.1, 0.15) is 11.6 Å². The lowest BCUT2D eigenvalue weighted by molar-refractivity contribution is -0.206. The molecule has 0 bridgehead atoms. The van der Waals surface area contributed by atoms with Crippen molar-refractivity contribution < 1.29 is 31.9 Å². The van der Waals surface area contributed by atoms with Gasteiger partial charge < -0.3 is 5.11 Å². The summed E-state index contributed by atoms with van der Waals surface area (Å²) in [5.74, 6) is -2.16. The van der Waals surface area contributed by atoms with Gasteiger partial charge >= 0.3 is 6.18 Å². The van der Waals surface area contributed by atoms with Crippen molar-refractivity contribution in [3.8, 4) is 11.1 Å². The fourth-order valence-corrected chi connectivity index (χ4v) is 3.35. The number of carbonyl (C=O) groups is 1. The summed E-state index contributed by atoms with van der Waals surface area (Å²) >= 11 is 0. The van der Waals surface area contributed by atoms with E-state index in [0.717, 1.165) is 18.3 Å². The number of carbonyl (C=O) groups excluding carboxylic acids is 1.